The summed E-state index contributed by atoms with van der Waals surface area (Å²) in [6, 6.07) is 14.7. The van der Waals surface area contributed by atoms with Crippen LogP contribution >= 0.6 is 0 Å². The first-order valence-electron chi connectivity index (χ1n) is 5.59. The van der Waals surface area contributed by atoms with E-state index in [1.807, 2.05) is 0 Å². The van der Waals surface area contributed by atoms with Gasteiger partial charge in [0.1, 0.15) is 6.10 Å². The highest BCUT2D eigenvalue weighted by atomic mass is 16.6. The van der Waals surface area contributed by atoms with Gasteiger partial charge in [-0.2, -0.15) is 0 Å². The summed E-state index contributed by atoms with van der Waals surface area (Å²) >= 11 is 0. The Morgan fingerprint density at radius 3 is 2.81 bits per heavy atom. The number of fused-ring (bicyclic) bond motifs is 1. The van der Waals surface area contributed by atoms with Gasteiger partial charge in [0.2, 0.25) is 0 Å². The molecule has 0 N–H and O–H groups in total. The fraction of sp³-hybridized carbons (Fsp3) is 0.286. The Morgan fingerprint density at radius 2 is 1.94 bits per heavy atom. The van der Waals surface area contributed by atoms with Gasteiger partial charge in [-0.05, 0) is 16.3 Å². The first kappa shape index (κ1) is 9.82. The molecule has 2 nitrogen and oxygen atoms in total. The summed E-state index contributed by atoms with van der Waals surface area (Å²) in [4.78, 5) is 0. The van der Waals surface area contributed by atoms with Crippen molar-refractivity contribution < 1.29 is 9.47 Å². The van der Waals surface area contributed by atoms with E-state index >= 15 is 0 Å². The zero-order valence-electron chi connectivity index (χ0n) is 9.06. The summed E-state index contributed by atoms with van der Waals surface area (Å²) < 4.78 is 10.7. The Kier molecular flexibility index (Phi) is 2.60. The highest BCUT2D eigenvalue weighted by molar-refractivity contribution is 5.85. The van der Waals surface area contributed by atoms with Gasteiger partial charge in [-0.25, -0.2) is 0 Å². The van der Waals surface area contributed by atoms with Crippen molar-refractivity contribution in [1.82, 2.24) is 0 Å². The van der Waals surface area contributed by atoms with Crippen molar-refractivity contribution in [3.63, 3.8) is 0 Å². The Bertz CT molecular complexity index is 484. The van der Waals surface area contributed by atoms with Crippen LogP contribution in [0.2, 0.25) is 0 Å². The van der Waals surface area contributed by atoms with Crippen LogP contribution in [0, 0.1) is 0 Å². The largest absolute Gasteiger partial charge is 0.374 e. The van der Waals surface area contributed by atoms with Gasteiger partial charge >= 0.3 is 0 Å². The van der Waals surface area contributed by atoms with Gasteiger partial charge in [0.15, 0.2) is 0 Å². The van der Waals surface area contributed by atoms with Crippen LogP contribution in [0.4, 0.5) is 0 Å². The number of epoxide rings is 1. The molecule has 2 aromatic carbocycles. The summed E-state index contributed by atoms with van der Waals surface area (Å²) in [5.74, 6) is 0. The van der Waals surface area contributed by atoms with Gasteiger partial charge in [-0.1, -0.05) is 42.5 Å². The summed E-state index contributed by atoms with van der Waals surface area (Å²) in [6.45, 7) is 2.24. The monoisotopic (exact) mass is 214 g/mol. The molecule has 2 heteroatoms. The molecule has 1 aliphatic rings. The summed E-state index contributed by atoms with van der Waals surface area (Å²) in [5.41, 5.74) is 1.25. The van der Waals surface area contributed by atoms with Gasteiger partial charge in [0.25, 0.3) is 0 Å². The van der Waals surface area contributed by atoms with Gasteiger partial charge in [0, 0.05) is 0 Å². The lowest BCUT2D eigenvalue weighted by Crippen LogP contribution is -2.01. The zero-order chi connectivity index (χ0) is 10.8. The fourth-order valence-electron chi connectivity index (χ4n) is 1.88. The molecule has 82 valence electrons. The van der Waals surface area contributed by atoms with Gasteiger partial charge in [-0.15, -0.1) is 0 Å². The average molecular weight is 214 g/mol. The summed E-state index contributed by atoms with van der Waals surface area (Å²) in [7, 11) is 0. The molecule has 0 saturated carbocycles. The molecule has 0 bridgehead atoms. The maximum atomic E-state index is 5.63. The summed E-state index contributed by atoms with van der Waals surface area (Å²) in [6.07, 6.45) is 0.343. The van der Waals surface area contributed by atoms with E-state index in [2.05, 4.69) is 42.5 Å². The Hall–Kier alpha value is -1.38. The van der Waals surface area contributed by atoms with Gasteiger partial charge in [0.05, 0.1) is 19.8 Å². The molecule has 1 saturated heterocycles. The molecule has 16 heavy (non-hydrogen) atoms. The van der Waals surface area contributed by atoms with Crippen LogP contribution in [-0.4, -0.2) is 19.3 Å². The zero-order valence-corrected chi connectivity index (χ0v) is 9.06. The molecule has 1 heterocycles. The predicted molar refractivity (Wildman–Crippen MR) is 63.3 cm³/mol. The molecular formula is C14H14O2. The Balaban J connectivity index is 1.79. The van der Waals surface area contributed by atoms with Crippen LogP contribution in [0.25, 0.3) is 10.8 Å². The number of hydrogen-bond donors (Lipinski definition) is 0. The standard InChI is InChI=1S/C14H14O2/c1-2-7-14-11(4-1)5-3-6-12(14)8-15-9-13-10-16-13/h1-7,13H,8-10H2. The second-order valence-electron chi connectivity index (χ2n) is 4.11. The molecule has 0 radical (unpaired) electrons. The van der Waals surface area contributed by atoms with Crippen LogP contribution < -0.4 is 0 Å². The van der Waals surface area contributed by atoms with E-state index in [9.17, 15) is 0 Å². The maximum Gasteiger partial charge on any atom is 0.104 e. The maximum absolute atomic E-state index is 5.63. The molecule has 1 fully saturated rings. The molecule has 0 aromatic heterocycles. The van der Waals surface area contributed by atoms with E-state index in [4.69, 9.17) is 9.47 Å². The molecule has 2 aromatic rings. The second kappa shape index (κ2) is 4.24. The van der Waals surface area contributed by atoms with E-state index < -0.39 is 0 Å². The van der Waals surface area contributed by atoms with Crippen LogP contribution in [0.15, 0.2) is 42.5 Å². The SMILES string of the molecule is c1ccc2c(COCC3CO3)cccc2c1. The smallest absolute Gasteiger partial charge is 0.104 e. The van der Waals surface area contributed by atoms with Crippen LogP contribution in [0.5, 0.6) is 0 Å². The van der Waals surface area contributed by atoms with E-state index in [0.29, 0.717) is 19.3 Å². The van der Waals surface area contributed by atoms with E-state index in [-0.39, 0.29) is 0 Å². The van der Waals surface area contributed by atoms with Gasteiger partial charge in [-0.3, -0.25) is 0 Å². The van der Waals surface area contributed by atoms with Crippen molar-refractivity contribution in [2.24, 2.45) is 0 Å². The van der Waals surface area contributed by atoms with Gasteiger partial charge < -0.3 is 9.47 Å². The summed E-state index contributed by atoms with van der Waals surface area (Å²) in [5, 5.41) is 2.55. The second-order valence-corrected chi connectivity index (χ2v) is 4.11. The Labute approximate surface area is 94.8 Å². The van der Waals surface area contributed by atoms with Crippen molar-refractivity contribution in [1.29, 1.82) is 0 Å². The minimum absolute atomic E-state index is 0.343. The van der Waals surface area contributed by atoms with E-state index in [1.165, 1.54) is 16.3 Å². The van der Waals surface area contributed by atoms with E-state index in [1.54, 1.807) is 0 Å². The third-order valence-corrected chi connectivity index (χ3v) is 2.84. The van der Waals surface area contributed by atoms with Crippen molar-refractivity contribution in [3.8, 4) is 0 Å². The normalized spacial score (nSPS) is 18.9. The number of benzene rings is 2. The minimum Gasteiger partial charge on any atom is -0.374 e. The molecule has 0 amide bonds. The minimum atomic E-state index is 0.343. The molecular weight excluding hydrogens is 200 g/mol. The molecule has 1 unspecified atom stereocenters. The predicted octanol–water partition coefficient (Wildman–Crippen LogP) is 2.76. The van der Waals surface area contributed by atoms with Crippen molar-refractivity contribution in [2.75, 3.05) is 13.2 Å². The lowest BCUT2D eigenvalue weighted by Gasteiger charge is -2.06. The van der Waals surface area contributed by atoms with Crippen LogP contribution in [-0.2, 0) is 16.1 Å². The topological polar surface area (TPSA) is 21.8 Å². The number of hydrogen-bond acceptors (Lipinski definition) is 2. The van der Waals surface area contributed by atoms with Crippen molar-refractivity contribution in [2.45, 2.75) is 12.7 Å². The molecule has 3 rings (SSSR count). The first-order valence-corrected chi connectivity index (χ1v) is 5.59. The lowest BCUT2D eigenvalue weighted by atomic mass is 10.1. The third-order valence-electron chi connectivity index (χ3n) is 2.84. The van der Waals surface area contributed by atoms with E-state index in [0.717, 1.165) is 6.61 Å². The molecule has 0 spiro atoms. The number of rotatable bonds is 4. The Morgan fingerprint density at radius 1 is 1.12 bits per heavy atom. The highest BCUT2D eigenvalue weighted by Crippen LogP contribution is 2.19. The number of ether oxygens (including phenoxy) is 2. The quantitative estimate of drug-likeness (QED) is 0.730. The molecule has 1 aliphatic heterocycles. The molecule has 0 aliphatic carbocycles. The van der Waals surface area contributed by atoms with Crippen molar-refractivity contribution in [3.05, 3.63) is 48.0 Å². The fourth-order valence-corrected chi connectivity index (χ4v) is 1.88. The van der Waals surface area contributed by atoms with Crippen molar-refractivity contribution >= 4 is 10.8 Å². The molecule has 1 atom stereocenters. The van der Waals surface area contributed by atoms with Crippen LogP contribution in [0.3, 0.4) is 0 Å². The third kappa shape index (κ3) is 2.08. The average Bonchev–Trinajstić information content (AvgIpc) is 3.13. The van der Waals surface area contributed by atoms with Crippen LogP contribution in [0.1, 0.15) is 5.56 Å². The lowest BCUT2D eigenvalue weighted by molar-refractivity contribution is 0.105. The highest BCUT2D eigenvalue weighted by Gasteiger charge is 2.22. The first-order chi connectivity index (χ1) is 7.93.